The van der Waals surface area contributed by atoms with E-state index >= 15 is 0 Å². The third kappa shape index (κ3) is 6.51. The van der Waals surface area contributed by atoms with Gasteiger partial charge in [-0.2, -0.15) is 0 Å². The highest BCUT2D eigenvalue weighted by atomic mass is 35.5. The van der Waals surface area contributed by atoms with Crippen molar-refractivity contribution >= 4 is 11.6 Å². The first kappa shape index (κ1) is 34.1. The van der Waals surface area contributed by atoms with E-state index in [0.29, 0.717) is 23.2 Å². The number of benzene rings is 5. The van der Waals surface area contributed by atoms with E-state index in [1.54, 1.807) is 13.8 Å². The minimum Gasteiger partial charge on any atom is -0.384 e. The number of nitrogens with zero attached hydrogens (tertiary/aromatic N) is 6. The van der Waals surface area contributed by atoms with Crippen LogP contribution in [0.1, 0.15) is 67.4 Å². The molecule has 0 aliphatic heterocycles. The van der Waals surface area contributed by atoms with Crippen molar-refractivity contribution in [1.82, 2.24) is 29.8 Å². The highest BCUT2D eigenvalue weighted by Crippen LogP contribution is 2.43. The van der Waals surface area contributed by atoms with Crippen LogP contribution in [0.3, 0.4) is 0 Å². The lowest BCUT2D eigenvalue weighted by Gasteiger charge is -2.36. The molecule has 0 bridgehead atoms. The summed E-state index contributed by atoms with van der Waals surface area (Å²) in [5.41, 5.74) is 5.80. The molecule has 0 saturated carbocycles. The van der Waals surface area contributed by atoms with Gasteiger partial charge in [-0.1, -0.05) is 164 Å². The van der Waals surface area contributed by atoms with Gasteiger partial charge in [-0.25, -0.2) is 9.67 Å². The van der Waals surface area contributed by atoms with Crippen molar-refractivity contribution in [1.29, 1.82) is 0 Å². The van der Waals surface area contributed by atoms with Gasteiger partial charge in [0.25, 0.3) is 0 Å². The van der Waals surface area contributed by atoms with Crippen LogP contribution in [0.5, 0.6) is 0 Å². The highest BCUT2D eigenvalue weighted by Gasteiger charge is 2.42. The molecule has 1 N–H and O–H groups in total. The average molecular weight is 693 g/mol. The normalized spacial score (nSPS) is 11.9. The van der Waals surface area contributed by atoms with E-state index in [2.05, 4.69) is 131 Å². The van der Waals surface area contributed by atoms with Crippen molar-refractivity contribution < 1.29 is 5.11 Å². The first-order valence-corrected chi connectivity index (χ1v) is 17.8. The van der Waals surface area contributed by atoms with E-state index in [4.69, 9.17) is 21.9 Å². The number of aliphatic hydroxyl groups is 1. The second-order valence-corrected chi connectivity index (χ2v) is 13.7. The third-order valence-corrected chi connectivity index (χ3v) is 9.74. The number of halogens is 1. The number of aromatic nitrogens is 6. The molecule has 2 heterocycles. The maximum absolute atomic E-state index is 11.0. The Hall–Kier alpha value is -5.37. The monoisotopic (exact) mass is 692 g/mol. The maximum Gasteiger partial charge on any atom is 0.184 e. The predicted molar refractivity (Wildman–Crippen MR) is 203 cm³/mol. The smallest absolute Gasteiger partial charge is 0.184 e. The molecule has 0 saturated heterocycles. The molecule has 0 aliphatic carbocycles. The standard InChI is InChI=1S/C43H41ClN6O/c1-4-5-25-38-45-40(44)39(42(2,3)51)49(38)30-31-26-28-32(29-27-31)36-23-15-16-24-37(36)41-46-47-48-50(41)43(33-17-9-6-10-18-33,34-19-11-7-12-20-34)35-21-13-8-14-22-35/h6-24,26-29,51H,4-5,25,30H2,1-3H3. The SMILES string of the molecule is CCCCc1nc(Cl)c(C(C)(C)O)n1Cc1ccc(-c2ccccc2-c2nnnn2C(c2ccccc2)(c2ccccc2)c2ccccc2)cc1. The molecule has 0 unspecified atom stereocenters. The summed E-state index contributed by atoms with van der Waals surface area (Å²) >= 11 is 6.60. The number of aryl methyl sites for hydroxylation is 1. The molecule has 7 aromatic rings. The van der Waals surface area contributed by atoms with Crippen LogP contribution in [-0.2, 0) is 24.1 Å². The summed E-state index contributed by atoms with van der Waals surface area (Å²) < 4.78 is 4.05. The molecule has 2 aromatic heterocycles. The van der Waals surface area contributed by atoms with Gasteiger partial charge in [0, 0.05) is 18.5 Å². The fourth-order valence-corrected chi connectivity index (χ4v) is 7.56. The van der Waals surface area contributed by atoms with E-state index in [1.165, 1.54) is 0 Å². The molecule has 0 amide bonds. The van der Waals surface area contributed by atoms with Gasteiger partial charge in [0.2, 0.25) is 0 Å². The van der Waals surface area contributed by atoms with E-state index in [-0.39, 0.29) is 0 Å². The zero-order valence-corrected chi connectivity index (χ0v) is 29.9. The fourth-order valence-electron chi connectivity index (χ4n) is 7.13. The topological polar surface area (TPSA) is 81.7 Å². The number of hydrogen-bond acceptors (Lipinski definition) is 5. The Balaban J connectivity index is 1.33. The van der Waals surface area contributed by atoms with Gasteiger partial charge < -0.3 is 9.67 Å². The molecule has 0 atom stereocenters. The Morgan fingerprint density at radius 1 is 0.686 bits per heavy atom. The van der Waals surface area contributed by atoms with E-state index < -0.39 is 11.1 Å². The van der Waals surface area contributed by atoms with Crippen molar-refractivity contribution in [3.63, 3.8) is 0 Å². The summed E-state index contributed by atoms with van der Waals surface area (Å²) in [5, 5.41) is 25.2. The maximum atomic E-state index is 11.0. The summed E-state index contributed by atoms with van der Waals surface area (Å²) in [6.45, 7) is 6.22. The summed E-state index contributed by atoms with van der Waals surface area (Å²) in [6.07, 6.45) is 2.83. The van der Waals surface area contributed by atoms with Crippen molar-refractivity contribution in [2.45, 2.75) is 57.7 Å². The summed E-state index contributed by atoms with van der Waals surface area (Å²) in [5.74, 6) is 1.54. The summed E-state index contributed by atoms with van der Waals surface area (Å²) in [7, 11) is 0. The van der Waals surface area contributed by atoms with E-state index in [1.807, 2.05) is 35.0 Å². The van der Waals surface area contributed by atoms with Crippen molar-refractivity contribution in [2.24, 2.45) is 0 Å². The van der Waals surface area contributed by atoms with Crippen LogP contribution in [0.15, 0.2) is 140 Å². The molecule has 0 radical (unpaired) electrons. The fraction of sp³-hybridized carbons (Fsp3) is 0.209. The molecule has 51 heavy (non-hydrogen) atoms. The zero-order valence-electron chi connectivity index (χ0n) is 29.1. The van der Waals surface area contributed by atoms with Crippen LogP contribution in [0.2, 0.25) is 5.15 Å². The van der Waals surface area contributed by atoms with Crippen molar-refractivity contribution in [3.05, 3.63) is 178 Å². The van der Waals surface area contributed by atoms with Crippen LogP contribution in [0, 0.1) is 0 Å². The lowest BCUT2D eigenvalue weighted by molar-refractivity contribution is 0.0699. The largest absolute Gasteiger partial charge is 0.384 e. The first-order chi connectivity index (χ1) is 24.8. The van der Waals surface area contributed by atoms with Crippen molar-refractivity contribution in [2.75, 3.05) is 0 Å². The lowest BCUT2D eigenvalue weighted by Crippen LogP contribution is -2.39. The van der Waals surface area contributed by atoms with Gasteiger partial charge in [0.15, 0.2) is 11.0 Å². The molecular formula is C43H41ClN6O. The summed E-state index contributed by atoms with van der Waals surface area (Å²) in [6, 6.07) is 48.1. The minimum absolute atomic E-state index is 0.356. The number of tetrazole rings is 1. The molecule has 0 spiro atoms. The number of unbranched alkanes of at least 4 members (excludes halogenated alkanes) is 1. The van der Waals surface area contributed by atoms with Crippen LogP contribution in [0.25, 0.3) is 22.5 Å². The van der Waals surface area contributed by atoms with Gasteiger partial charge in [0.05, 0.1) is 5.69 Å². The van der Waals surface area contributed by atoms with Crippen LogP contribution in [-0.4, -0.2) is 34.9 Å². The Morgan fingerprint density at radius 2 is 1.22 bits per heavy atom. The number of hydrogen-bond donors (Lipinski definition) is 1. The Bertz CT molecular complexity index is 2110. The highest BCUT2D eigenvalue weighted by molar-refractivity contribution is 6.30. The predicted octanol–water partition coefficient (Wildman–Crippen LogP) is 9.32. The Kier molecular flexibility index (Phi) is 9.67. The third-order valence-electron chi connectivity index (χ3n) is 9.47. The van der Waals surface area contributed by atoms with E-state index in [9.17, 15) is 5.11 Å². The summed E-state index contributed by atoms with van der Waals surface area (Å²) in [4.78, 5) is 4.66. The molecule has 0 fully saturated rings. The lowest BCUT2D eigenvalue weighted by atomic mass is 9.77. The van der Waals surface area contributed by atoms with Crippen LogP contribution < -0.4 is 0 Å². The van der Waals surface area contributed by atoms with Gasteiger partial charge in [0.1, 0.15) is 17.0 Å². The molecular weight excluding hydrogens is 652 g/mol. The molecule has 256 valence electrons. The minimum atomic E-state index is -1.13. The molecule has 7 rings (SSSR count). The first-order valence-electron chi connectivity index (χ1n) is 17.4. The van der Waals surface area contributed by atoms with E-state index in [0.717, 1.165) is 64.0 Å². The Morgan fingerprint density at radius 3 is 1.75 bits per heavy atom. The number of imidazole rings is 1. The average Bonchev–Trinajstić information content (AvgIpc) is 3.77. The number of rotatable bonds is 12. The van der Waals surface area contributed by atoms with Gasteiger partial charge >= 0.3 is 0 Å². The molecule has 8 heteroatoms. The second kappa shape index (κ2) is 14.5. The molecule has 0 aliphatic rings. The Labute approximate surface area is 304 Å². The second-order valence-electron chi connectivity index (χ2n) is 13.4. The zero-order chi connectivity index (χ0) is 35.4. The molecule has 5 aromatic carbocycles. The molecule has 7 nitrogen and oxygen atoms in total. The van der Waals surface area contributed by atoms with Crippen LogP contribution >= 0.6 is 11.6 Å². The quantitative estimate of drug-likeness (QED) is 0.129. The van der Waals surface area contributed by atoms with Gasteiger partial charge in [-0.3, -0.25) is 0 Å². The van der Waals surface area contributed by atoms with Crippen molar-refractivity contribution in [3.8, 4) is 22.5 Å². The van der Waals surface area contributed by atoms with Gasteiger partial charge in [-0.05, 0) is 64.1 Å². The van der Waals surface area contributed by atoms with Crippen LogP contribution in [0.4, 0.5) is 0 Å². The van der Waals surface area contributed by atoms with Gasteiger partial charge in [-0.15, -0.1) is 5.10 Å².